The second-order valence-electron chi connectivity index (χ2n) is 3.85. The number of nitrogens with zero attached hydrogens (tertiary/aromatic N) is 3. The van der Waals surface area contributed by atoms with Crippen LogP contribution in [0.5, 0.6) is 11.6 Å². The number of rotatable bonds is 3. The minimum Gasteiger partial charge on any atom is -0.438 e. The van der Waals surface area contributed by atoms with Crippen LogP contribution >= 0.6 is 11.6 Å². The molecule has 0 saturated carbocycles. The fourth-order valence-corrected chi connectivity index (χ4v) is 1.64. The van der Waals surface area contributed by atoms with E-state index in [1.165, 1.54) is 12.1 Å². The quantitative estimate of drug-likeness (QED) is 0.488. The summed E-state index contributed by atoms with van der Waals surface area (Å²) in [5, 5.41) is 11.0. The zero-order valence-electron chi connectivity index (χ0n) is 10.3. The van der Waals surface area contributed by atoms with E-state index in [2.05, 4.69) is 9.97 Å². The molecule has 7 heteroatoms. The molecule has 0 amide bonds. The zero-order chi connectivity index (χ0) is 14.0. The van der Waals surface area contributed by atoms with E-state index < -0.39 is 4.92 Å². The summed E-state index contributed by atoms with van der Waals surface area (Å²) in [7, 11) is 0. The van der Waals surface area contributed by atoms with Crippen LogP contribution in [0.2, 0.25) is 5.15 Å². The van der Waals surface area contributed by atoms with Crippen molar-refractivity contribution in [3.8, 4) is 11.6 Å². The highest BCUT2D eigenvalue weighted by Crippen LogP contribution is 2.28. The van der Waals surface area contributed by atoms with E-state index in [0.717, 1.165) is 0 Å². The molecular formula is C12H10ClN3O3. The summed E-state index contributed by atoms with van der Waals surface area (Å²) < 4.78 is 5.52. The summed E-state index contributed by atoms with van der Waals surface area (Å²) in [5.41, 5.74) is 0.533. The Morgan fingerprint density at radius 1 is 1.32 bits per heavy atom. The number of aromatic nitrogens is 2. The van der Waals surface area contributed by atoms with Crippen molar-refractivity contribution in [3.63, 3.8) is 0 Å². The van der Waals surface area contributed by atoms with Crippen LogP contribution in [0.15, 0.2) is 24.3 Å². The number of nitro benzene ring substituents is 1. The summed E-state index contributed by atoms with van der Waals surface area (Å²) in [4.78, 5) is 18.3. The van der Waals surface area contributed by atoms with E-state index in [4.69, 9.17) is 16.3 Å². The molecule has 0 saturated heterocycles. The molecule has 1 aromatic carbocycles. The van der Waals surface area contributed by atoms with Crippen LogP contribution < -0.4 is 4.74 Å². The molecule has 0 aliphatic rings. The first kappa shape index (κ1) is 13.2. The molecule has 2 rings (SSSR count). The maximum Gasteiger partial charge on any atom is 0.273 e. The predicted molar refractivity (Wildman–Crippen MR) is 69.7 cm³/mol. The van der Waals surface area contributed by atoms with Crippen LogP contribution in [0.25, 0.3) is 0 Å². The molecule has 1 aromatic heterocycles. The van der Waals surface area contributed by atoms with Gasteiger partial charge in [0.05, 0.1) is 11.0 Å². The Labute approximate surface area is 114 Å². The van der Waals surface area contributed by atoms with Crippen LogP contribution in [0.3, 0.4) is 0 Å². The minimum atomic E-state index is -0.488. The zero-order valence-corrected chi connectivity index (χ0v) is 11.0. The molecule has 0 aliphatic carbocycles. The molecule has 1 heterocycles. The molecule has 98 valence electrons. The summed E-state index contributed by atoms with van der Waals surface area (Å²) in [5.74, 6) is 1.08. The molecule has 0 bridgehead atoms. The van der Waals surface area contributed by atoms with Gasteiger partial charge in [-0.3, -0.25) is 10.1 Å². The largest absolute Gasteiger partial charge is 0.438 e. The number of aryl methyl sites for hydroxylation is 1. The van der Waals surface area contributed by atoms with Gasteiger partial charge in [-0.15, -0.1) is 0 Å². The third-order valence-electron chi connectivity index (χ3n) is 2.40. The fourth-order valence-electron chi connectivity index (χ4n) is 1.44. The van der Waals surface area contributed by atoms with Crippen LogP contribution in [-0.2, 0) is 0 Å². The highest BCUT2D eigenvalue weighted by atomic mass is 35.5. The molecule has 0 spiro atoms. The van der Waals surface area contributed by atoms with Gasteiger partial charge in [-0.1, -0.05) is 17.7 Å². The maximum absolute atomic E-state index is 10.7. The minimum absolute atomic E-state index is 0.0490. The number of benzene rings is 1. The van der Waals surface area contributed by atoms with Gasteiger partial charge in [-0.2, -0.15) is 4.98 Å². The molecule has 0 unspecified atom stereocenters. The summed E-state index contributed by atoms with van der Waals surface area (Å²) >= 11 is 5.93. The Bertz CT molecular complexity index is 646. The lowest BCUT2D eigenvalue weighted by Gasteiger charge is -2.08. The van der Waals surface area contributed by atoms with Crippen molar-refractivity contribution in [1.29, 1.82) is 0 Å². The van der Waals surface area contributed by atoms with Crippen molar-refractivity contribution in [2.75, 3.05) is 0 Å². The SMILES string of the molecule is Cc1nc(Cl)c(C)c(Oc2cccc([N+](=O)[O-])c2)n1. The van der Waals surface area contributed by atoms with E-state index in [0.29, 0.717) is 22.3 Å². The highest BCUT2D eigenvalue weighted by molar-refractivity contribution is 6.30. The van der Waals surface area contributed by atoms with Crippen molar-refractivity contribution in [2.24, 2.45) is 0 Å². The first-order valence-corrected chi connectivity index (χ1v) is 5.78. The predicted octanol–water partition coefficient (Wildman–Crippen LogP) is 3.45. The molecule has 0 aliphatic heterocycles. The van der Waals surface area contributed by atoms with Crippen molar-refractivity contribution >= 4 is 17.3 Å². The van der Waals surface area contributed by atoms with E-state index >= 15 is 0 Å². The van der Waals surface area contributed by atoms with Gasteiger partial charge in [0, 0.05) is 11.6 Å². The van der Waals surface area contributed by atoms with Crippen molar-refractivity contribution in [3.05, 3.63) is 50.9 Å². The van der Waals surface area contributed by atoms with Gasteiger partial charge < -0.3 is 4.74 Å². The number of hydrogen-bond donors (Lipinski definition) is 0. The van der Waals surface area contributed by atoms with E-state index in [-0.39, 0.29) is 11.6 Å². The molecular weight excluding hydrogens is 270 g/mol. The van der Waals surface area contributed by atoms with Gasteiger partial charge in [0.15, 0.2) is 0 Å². The van der Waals surface area contributed by atoms with Gasteiger partial charge in [-0.25, -0.2) is 4.98 Å². The highest BCUT2D eigenvalue weighted by Gasteiger charge is 2.12. The standard InChI is InChI=1S/C12H10ClN3O3/c1-7-11(13)14-8(2)15-12(7)19-10-5-3-4-9(6-10)16(17)18/h3-6H,1-2H3. The number of ether oxygens (including phenoxy) is 1. The van der Waals surface area contributed by atoms with Gasteiger partial charge in [0.1, 0.15) is 16.7 Å². The van der Waals surface area contributed by atoms with Gasteiger partial charge in [0.2, 0.25) is 5.88 Å². The summed E-state index contributed by atoms with van der Waals surface area (Å²) in [6.45, 7) is 3.40. The first-order chi connectivity index (χ1) is 8.97. The molecule has 19 heavy (non-hydrogen) atoms. The van der Waals surface area contributed by atoms with Crippen LogP contribution in [0.4, 0.5) is 5.69 Å². The molecule has 0 atom stereocenters. The Balaban J connectivity index is 2.36. The van der Waals surface area contributed by atoms with Gasteiger partial charge in [-0.05, 0) is 19.9 Å². The Kier molecular flexibility index (Phi) is 3.62. The maximum atomic E-state index is 10.7. The lowest BCUT2D eigenvalue weighted by Crippen LogP contribution is -1.98. The Morgan fingerprint density at radius 2 is 2.05 bits per heavy atom. The lowest BCUT2D eigenvalue weighted by atomic mass is 10.3. The van der Waals surface area contributed by atoms with Gasteiger partial charge >= 0.3 is 0 Å². The van der Waals surface area contributed by atoms with Crippen LogP contribution in [0.1, 0.15) is 11.4 Å². The smallest absolute Gasteiger partial charge is 0.273 e. The first-order valence-electron chi connectivity index (χ1n) is 5.40. The van der Waals surface area contributed by atoms with Crippen LogP contribution in [-0.4, -0.2) is 14.9 Å². The van der Waals surface area contributed by atoms with Gasteiger partial charge in [0.25, 0.3) is 5.69 Å². The molecule has 0 N–H and O–H groups in total. The molecule has 2 aromatic rings. The lowest BCUT2D eigenvalue weighted by molar-refractivity contribution is -0.384. The average Bonchev–Trinajstić information content (AvgIpc) is 2.35. The topological polar surface area (TPSA) is 78.2 Å². The third-order valence-corrected chi connectivity index (χ3v) is 2.76. The Hall–Kier alpha value is -2.21. The fraction of sp³-hybridized carbons (Fsp3) is 0.167. The molecule has 6 nitrogen and oxygen atoms in total. The number of non-ortho nitro benzene ring substituents is 1. The second kappa shape index (κ2) is 5.19. The Morgan fingerprint density at radius 3 is 2.74 bits per heavy atom. The van der Waals surface area contributed by atoms with Crippen molar-refractivity contribution in [1.82, 2.24) is 9.97 Å². The number of nitro groups is 1. The van der Waals surface area contributed by atoms with Crippen molar-refractivity contribution in [2.45, 2.75) is 13.8 Å². The van der Waals surface area contributed by atoms with E-state index in [9.17, 15) is 10.1 Å². The molecule has 0 fully saturated rings. The van der Waals surface area contributed by atoms with Crippen molar-refractivity contribution < 1.29 is 9.66 Å². The van der Waals surface area contributed by atoms with E-state index in [1.54, 1.807) is 26.0 Å². The second-order valence-corrected chi connectivity index (χ2v) is 4.21. The molecule has 0 radical (unpaired) electrons. The number of hydrogen-bond acceptors (Lipinski definition) is 5. The summed E-state index contributed by atoms with van der Waals surface area (Å²) in [6, 6.07) is 5.86. The van der Waals surface area contributed by atoms with E-state index in [1.807, 2.05) is 0 Å². The monoisotopic (exact) mass is 279 g/mol. The van der Waals surface area contributed by atoms with Crippen LogP contribution in [0, 0.1) is 24.0 Å². The average molecular weight is 280 g/mol. The third kappa shape index (κ3) is 2.97. The summed E-state index contributed by atoms with van der Waals surface area (Å²) in [6.07, 6.45) is 0. The number of halogens is 1. The normalized spacial score (nSPS) is 10.3.